The van der Waals surface area contributed by atoms with Crippen molar-refractivity contribution in [2.45, 2.75) is 111 Å². The largest absolute Gasteiger partial charge is 0.385 e. The number of carbonyl (C=O) groups excluding carboxylic acids is 2. The van der Waals surface area contributed by atoms with Crippen molar-refractivity contribution < 1.29 is 24.5 Å². The Hall–Kier alpha value is -1.04. The number of carbonyl (C=O) groups is 2. The maximum absolute atomic E-state index is 12.9. The molecule has 9 unspecified atom stereocenters. The predicted molar refractivity (Wildman–Crippen MR) is 135 cm³/mol. The first-order valence-electron chi connectivity index (χ1n) is 13.9. The minimum absolute atomic E-state index is 0.0928. The third kappa shape index (κ3) is 3.04. The first-order valence-corrected chi connectivity index (χ1v) is 13.9. The van der Waals surface area contributed by atoms with E-state index in [4.69, 9.17) is 4.74 Å². The van der Waals surface area contributed by atoms with Gasteiger partial charge in [-0.05, 0) is 94.8 Å². The smallest absolute Gasteiger partial charge is 0.192 e. The Balaban J connectivity index is 1.45. The van der Waals surface area contributed by atoms with Crippen LogP contribution >= 0.6 is 0 Å². The van der Waals surface area contributed by atoms with Gasteiger partial charge in [-0.3, -0.25) is 9.59 Å². The van der Waals surface area contributed by atoms with Crippen molar-refractivity contribution in [2.75, 3.05) is 6.61 Å². The Kier molecular flexibility index (Phi) is 5.49. The summed E-state index contributed by atoms with van der Waals surface area (Å²) in [6.07, 6.45) is 10.1. The van der Waals surface area contributed by atoms with Crippen LogP contribution in [0.15, 0.2) is 12.2 Å². The number of hydrogen-bond donors (Lipinski definition) is 2. The predicted octanol–water partition coefficient (Wildman–Crippen LogP) is 4.88. The number of ether oxygens (including phenoxy) is 1. The zero-order valence-corrected chi connectivity index (χ0v) is 22.8. The van der Waals surface area contributed by atoms with Crippen molar-refractivity contribution in [1.29, 1.82) is 0 Å². The summed E-state index contributed by atoms with van der Waals surface area (Å²) in [6.45, 7) is 15.0. The first kappa shape index (κ1) is 25.6. The average Bonchev–Trinajstić information content (AvgIpc) is 3.16. The molecule has 1 aliphatic heterocycles. The van der Waals surface area contributed by atoms with Crippen LogP contribution in [0.3, 0.4) is 0 Å². The number of aliphatic hydroxyl groups excluding tert-OH is 1. The van der Waals surface area contributed by atoms with E-state index in [0.29, 0.717) is 36.4 Å². The fraction of sp³-hybridized carbons (Fsp3) is 0.867. The number of hydrogen-bond acceptors (Lipinski definition) is 5. The maximum atomic E-state index is 12.9. The fourth-order valence-electron chi connectivity index (χ4n) is 10.1. The second kappa shape index (κ2) is 7.51. The highest BCUT2D eigenvalue weighted by atomic mass is 16.5. The van der Waals surface area contributed by atoms with E-state index >= 15 is 0 Å². The van der Waals surface area contributed by atoms with E-state index < -0.39 is 28.5 Å². The summed E-state index contributed by atoms with van der Waals surface area (Å²) in [5.74, 6) is 1.26. The lowest BCUT2D eigenvalue weighted by atomic mass is 9.38. The van der Waals surface area contributed by atoms with Gasteiger partial charge in [-0.15, -0.1) is 0 Å². The summed E-state index contributed by atoms with van der Waals surface area (Å²) in [7, 11) is 0. The summed E-state index contributed by atoms with van der Waals surface area (Å²) < 4.78 is 6.72. The van der Waals surface area contributed by atoms with E-state index in [1.165, 1.54) is 13.8 Å². The van der Waals surface area contributed by atoms with Gasteiger partial charge in [0.2, 0.25) is 0 Å². The van der Waals surface area contributed by atoms with Gasteiger partial charge in [-0.25, -0.2) is 0 Å². The number of ketones is 2. The molecule has 35 heavy (non-hydrogen) atoms. The third-order valence-electron chi connectivity index (χ3n) is 12.4. The average molecular weight is 487 g/mol. The molecule has 5 nitrogen and oxygen atoms in total. The second-order valence-corrected chi connectivity index (χ2v) is 14.4. The highest BCUT2D eigenvalue weighted by Gasteiger charge is 2.75. The molecule has 1 heterocycles. The Morgan fingerprint density at radius 3 is 2.49 bits per heavy atom. The molecule has 5 aliphatic rings. The van der Waals surface area contributed by atoms with Gasteiger partial charge in [-0.1, -0.05) is 32.9 Å². The molecule has 0 aromatic rings. The summed E-state index contributed by atoms with van der Waals surface area (Å²) in [6, 6.07) is 0. The fourth-order valence-corrected chi connectivity index (χ4v) is 10.1. The van der Waals surface area contributed by atoms with E-state index in [9.17, 15) is 19.8 Å². The molecule has 2 N–H and O–H groups in total. The molecule has 5 heteroatoms. The van der Waals surface area contributed by atoms with Crippen LogP contribution < -0.4 is 0 Å². The Bertz CT molecular complexity index is 960. The van der Waals surface area contributed by atoms with Gasteiger partial charge < -0.3 is 14.9 Å². The quantitative estimate of drug-likeness (QED) is 0.541. The Labute approximate surface area is 211 Å². The van der Waals surface area contributed by atoms with E-state index in [-0.39, 0.29) is 22.2 Å². The minimum Gasteiger partial charge on any atom is -0.385 e. The van der Waals surface area contributed by atoms with Crippen LogP contribution in [0.4, 0.5) is 0 Å². The normalized spacial score (nSPS) is 47.6. The molecule has 5 rings (SSSR count). The van der Waals surface area contributed by atoms with Crippen molar-refractivity contribution in [1.82, 2.24) is 0 Å². The molecule has 196 valence electrons. The first-order chi connectivity index (χ1) is 16.1. The number of fused-ring (bicyclic) bond motifs is 2. The van der Waals surface area contributed by atoms with Crippen LogP contribution in [0, 0.1) is 45.3 Å². The molecule has 2 bridgehead atoms. The molecule has 1 spiro atoms. The van der Waals surface area contributed by atoms with Crippen molar-refractivity contribution in [2.24, 2.45) is 45.3 Å². The van der Waals surface area contributed by atoms with Gasteiger partial charge in [0.1, 0.15) is 23.1 Å². The highest BCUT2D eigenvalue weighted by molar-refractivity contribution is 5.90. The number of allylic oxidation sites excluding steroid dienone is 1. The van der Waals surface area contributed by atoms with Crippen LogP contribution in [0.1, 0.15) is 93.4 Å². The minimum atomic E-state index is -1.51. The van der Waals surface area contributed by atoms with Gasteiger partial charge in [0, 0.05) is 17.8 Å². The maximum Gasteiger partial charge on any atom is 0.192 e. The van der Waals surface area contributed by atoms with Crippen molar-refractivity contribution in [3.8, 4) is 0 Å². The van der Waals surface area contributed by atoms with Gasteiger partial charge in [0.05, 0.1) is 12.0 Å². The molecule has 0 amide bonds. The van der Waals surface area contributed by atoms with Crippen molar-refractivity contribution >= 4 is 11.6 Å². The SMILES string of the molecule is CC(CC(O)C(=O)C(C)(C)O)C1CCC2(C)C3C=CC45OCC3(CCC12C)C4CCC(=O)C5(C)C. The number of rotatable bonds is 5. The molecule has 4 fully saturated rings. The van der Waals surface area contributed by atoms with Crippen LogP contribution in [-0.2, 0) is 14.3 Å². The van der Waals surface area contributed by atoms with Gasteiger partial charge in [0.25, 0.3) is 0 Å². The van der Waals surface area contributed by atoms with Crippen LogP contribution in [0.25, 0.3) is 0 Å². The molecular formula is C30H46O5. The summed E-state index contributed by atoms with van der Waals surface area (Å²) >= 11 is 0. The van der Waals surface area contributed by atoms with Crippen LogP contribution in [-0.4, -0.2) is 45.7 Å². The zero-order chi connectivity index (χ0) is 25.8. The highest BCUT2D eigenvalue weighted by Crippen LogP contribution is 2.77. The molecule has 0 aromatic carbocycles. The van der Waals surface area contributed by atoms with Gasteiger partial charge >= 0.3 is 0 Å². The topological polar surface area (TPSA) is 83.8 Å². The summed E-state index contributed by atoms with van der Waals surface area (Å²) in [4.78, 5) is 25.4. The molecule has 3 saturated carbocycles. The van der Waals surface area contributed by atoms with Crippen molar-refractivity contribution in [3.05, 3.63) is 12.2 Å². The van der Waals surface area contributed by atoms with Crippen molar-refractivity contribution in [3.63, 3.8) is 0 Å². The second-order valence-electron chi connectivity index (χ2n) is 14.4. The number of aliphatic hydroxyl groups is 2. The van der Waals surface area contributed by atoms with Crippen LogP contribution in [0.2, 0.25) is 0 Å². The summed E-state index contributed by atoms with van der Waals surface area (Å²) in [5.41, 5.74) is -2.16. The number of Topliss-reactive ketones (excluding diaryl/α,β-unsaturated/α-hetero) is 2. The van der Waals surface area contributed by atoms with Gasteiger partial charge in [-0.2, -0.15) is 0 Å². The zero-order valence-electron chi connectivity index (χ0n) is 22.8. The van der Waals surface area contributed by atoms with E-state index in [1.54, 1.807) is 0 Å². The molecule has 0 radical (unpaired) electrons. The van der Waals surface area contributed by atoms with E-state index in [2.05, 4.69) is 46.8 Å². The Morgan fingerprint density at radius 2 is 1.83 bits per heavy atom. The Morgan fingerprint density at radius 1 is 1.14 bits per heavy atom. The monoisotopic (exact) mass is 486 g/mol. The standard InChI is InChI=1S/C30H46O5/c1-18(16-20(31)24(33)26(4,5)34)19-10-12-28(7)21-11-13-30-22(8-9-23(32)25(30,2)3)29(21,17-35-30)15-14-27(19,28)6/h11,13,18-22,31,34H,8-10,12,14-17H2,1-7H3. The summed E-state index contributed by atoms with van der Waals surface area (Å²) in [5, 5.41) is 20.7. The molecule has 9 atom stereocenters. The van der Waals surface area contributed by atoms with E-state index in [0.717, 1.165) is 38.7 Å². The lowest BCUT2D eigenvalue weighted by molar-refractivity contribution is -0.159. The van der Waals surface area contributed by atoms with Gasteiger partial charge in [0.15, 0.2) is 5.78 Å². The molecular weight excluding hydrogens is 440 g/mol. The molecule has 0 aromatic heterocycles. The van der Waals surface area contributed by atoms with Crippen LogP contribution in [0.5, 0.6) is 0 Å². The third-order valence-corrected chi connectivity index (χ3v) is 12.4. The lowest BCUT2D eigenvalue weighted by Crippen LogP contribution is -2.64. The van der Waals surface area contributed by atoms with E-state index in [1.807, 2.05) is 0 Å². The lowest BCUT2D eigenvalue weighted by Gasteiger charge is -2.64. The molecule has 1 saturated heterocycles. The molecule has 4 aliphatic carbocycles.